The Morgan fingerprint density at radius 2 is 1.94 bits per heavy atom. The number of rotatable bonds is 7. The first-order valence-corrected chi connectivity index (χ1v) is 11.8. The highest BCUT2D eigenvalue weighted by atomic mass is 35.5. The van der Waals surface area contributed by atoms with Gasteiger partial charge in [0.15, 0.2) is 5.16 Å². The van der Waals surface area contributed by atoms with E-state index in [2.05, 4.69) is 26.9 Å². The average molecular weight is 452 g/mol. The third kappa shape index (κ3) is 4.27. The van der Waals surface area contributed by atoms with Gasteiger partial charge in [-0.25, -0.2) is 4.79 Å². The number of hydrogen-bond acceptors (Lipinski definition) is 5. The zero-order valence-corrected chi connectivity index (χ0v) is 18.7. The van der Waals surface area contributed by atoms with Gasteiger partial charge in [-0.15, -0.1) is 10.2 Å². The van der Waals surface area contributed by atoms with Gasteiger partial charge in [0.25, 0.3) is 0 Å². The van der Waals surface area contributed by atoms with Gasteiger partial charge in [-0.3, -0.25) is 0 Å². The van der Waals surface area contributed by atoms with Gasteiger partial charge in [-0.1, -0.05) is 60.6 Å². The molecule has 0 unspecified atom stereocenters. The van der Waals surface area contributed by atoms with Crippen molar-refractivity contribution < 1.29 is 4.42 Å². The Hall–Kier alpha value is -2.57. The fraction of sp³-hybridized carbons (Fsp3) is 0.292. The summed E-state index contributed by atoms with van der Waals surface area (Å²) in [6.07, 6.45) is 3.12. The molecule has 1 aliphatic carbocycles. The molecule has 1 aliphatic rings. The zero-order chi connectivity index (χ0) is 21.4. The molecule has 0 saturated heterocycles. The number of aromatic nitrogens is 3. The first-order valence-electron chi connectivity index (χ1n) is 10.5. The molecule has 0 amide bonds. The summed E-state index contributed by atoms with van der Waals surface area (Å²) in [6.45, 7) is 2.77. The maximum Gasteiger partial charge on any atom is 0.336 e. The normalized spacial score (nSPS) is 13.7. The lowest BCUT2D eigenvalue weighted by molar-refractivity contribution is 0.559. The van der Waals surface area contributed by atoms with E-state index in [4.69, 9.17) is 16.0 Å². The van der Waals surface area contributed by atoms with Crippen LogP contribution in [-0.4, -0.2) is 14.8 Å². The molecule has 2 aromatic carbocycles. The second kappa shape index (κ2) is 8.52. The molecular weight excluding hydrogens is 430 g/mol. The van der Waals surface area contributed by atoms with Crippen molar-refractivity contribution >= 4 is 34.3 Å². The summed E-state index contributed by atoms with van der Waals surface area (Å²) in [7, 11) is 0. The summed E-state index contributed by atoms with van der Waals surface area (Å²) in [5, 5.41) is 11.4. The van der Waals surface area contributed by atoms with Crippen LogP contribution in [0.5, 0.6) is 0 Å². The highest BCUT2D eigenvalue weighted by Gasteiger charge is 2.30. The third-order valence-corrected chi connectivity index (χ3v) is 6.97. The van der Waals surface area contributed by atoms with Crippen LogP contribution in [0.1, 0.15) is 48.2 Å². The monoisotopic (exact) mass is 451 g/mol. The second-order valence-corrected chi connectivity index (χ2v) is 9.21. The van der Waals surface area contributed by atoms with E-state index >= 15 is 0 Å². The molecule has 0 aliphatic heterocycles. The van der Waals surface area contributed by atoms with E-state index in [-0.39, 0.29) is 5.63 Å². The Kier molecular flexibility index (Phi) is 5.59. The van der Waals surface area contributed by atoms with Crippen LogP contribution >= 0.6 is 23.4 Å². The van der Waals surface area contributed by atoms with E-state index in [9.17, 15) is 4.79 Å². The third-order valence-electron chi connectivity index (χ3n) is 5.61. The molecular formula is C24H22ClN3O2S. The first-order chi connectivity index (χ1) is 15.1. The van der Waals surface area contributed by atoms with Crippen molar-refractivity contribution in [2.24, 2.45) is 0 Å². The molecule has 0 atom stereocenters. The number of nitrogens with zero attached hydrogens (tertiary/aromatic N) is 3. The van der Waals surface area contributed by atoms with Gasteiger partial charge in [0.1, 0.15) is 11.4 Å². The van der Waals surface area contributed by atoms with Crippen LogP contribution in [0.3, 0.4) is 0 Å². The van der Waals surface area contributed by atoms with Gasteiger partial charge >= 0.3 is 5.63 Å². The Labute approximate surface area is 189 Å². The summed E-state index contributed by atoms with van der Waals surface area (Å²) in [5.41, 5.74) is 3.31. The summed E-state index contributed by atoms with van der Waals surface area (Å²) in [4.78, 5) is 12.2. The lowest BCUT2D eigenvalue weighted by Crippen LogP contribution is -2.06. The Morgan fingerprint density at radius 3 is 2.68 bits per heavy atom. The van der Waals surface area contributed by atoms with Crippen LogP contribution in [0.25, 0.3) is 11.0 Å². The van der Waals surface area contributed by atoms with Crippen molar-refractivity contribution in [3.63, 3.8) is 0 Å². The quantitative estimate of drug-likeness (QED) is 0.262. The molecule has 31 heavy (non-hydrogen) atoms. The van der Waals surface area contributed by atoms with E-state index in [1.54, 1.807) is 17.8 Å². The van der Waals surface area contributed by atoms with Crippen LogP contribution in [0.15, 0.2) is 62.9 Å². The molecule has 5 rings (SSSR count). The Balaban J connectivity index is 1.47. The van der Waals surface area contributed by atoms with Crippen LogP contribution in [0.4, 0.5) is 0 Å². The molecule has 158 valence electrons. The minimum Gasteiger partial charge on any atom is -0.423 e. The molecule has 0 spiro atoms. The molecule has 7 heteroatoms. The number of thioether (sulfide) groups is 1. The van der Waals surface area contributed by atoms with Gasteiger partial charge in [-0.05, 0) is 48.1 Å². The highest BCUT2D eigenvalue weighted by molar-refractivity contribution is 7.98. The molecule has 1 fully saturated rings. The number of hydrogen-bond donors (Lipinski definition) is 0. The van der Waals surface area contributed by atoms with Crippen LogP contribution in [0.2, 0.25) is 5.02 Å². The Morgan fingerprint density at radius 1 is 1.13 bits per heavy atom. The molecule has 5 nitrogen and oxygen atoms in total. The van der Waals surface area contributed by atoms with Crippen LogP contribution in [0, 0.1) is 0 Å². The van der Waals surface area contributed by atoms with Gasteiger partial charge in [0, 0.05) is 28.1 Å². The van der Waals surface area contributed by atoms with Crippen molar-refractivity contribution in [2.75, 3.05) is 0 Å². The topological polar surface area (TPSA) is 60.9 Å². The number of aryl methyl sites for hydroxylation is 1. The van der Waals surface area contributed by atoms with Crippen molar-refractivity contribution in [3.8, 4) is 0 Å². The molecule has 1 saturated carbocycles. The molecule has 2 aromatic heterocycles. The molecule has 0 N–H and O–H groups in total. The minimum absolute atomic E-state index is 0.350. The summed E-state index contributed by atoms with van der Waals surface area (Å²) in [5.74, 6) is 2.14. The first kappa shape index (κ1) is 20.3. The van der Waals surface area contributed by atoms with E-state index in [1.165, 1.54) is 18.4 Å². The van der Waals surface area contributed by atoms with E-state index in [0.29, 0.717) is 22.3 Å². The lowest BCUT2D eigenvalue weighted by Gasteiger charge is -2.11. The molecule has 2 heterocycles. The summed E-state index contributed by atoms with van der Waals surface area (Å²) in [6, 6.07) is 15.7. The fourth-order valence-electron chi connectivity index (χ4n) is 3.79. The Bertz CT molecular complexity index is 1300. The van der Waals surface area contributed by atoms with Crippen molar-refractivity contribution in [2.45, 2.75) is 49.6 Å². The van der Waals surface area contributed by atoms with E-state index in [1.807, 2.05) is 37.3 Å². The van der Waals surface area contributed by atoms with Crippen LogP contribution < -0.4 is 5.63 Å². The molecule has 4 aromatic rings. The lowest BCUT2D eigenvalue weighted by atomic mass is 10.1. The smallest absolute Gasteiger partial charge is 0.336 e. The summed E-state index contributed by atoms with van der Waals surface area (Å²) >= 11 is 8.03. The largest absolute Gasteiger partial charge is 0.423 e. The number of halogens is 1. The zero-order valence-electron chi connectivity index (χ0n) is 17.2. The average Bonchev–Trinajstić information content (AvgIpc) is 3.54. The molecule has 0 radical (unpaired) electrons. The number of benzene rings is 2. The summed E-state index contributed by atoms with van der Waals surface area (Å²) < 4.78 is 7.66. The molecule has 0 bridgehead atoms. The predicted molar refractivity (Wildman–Crippen MR) is 124 cm³/mol. The van der Waals surface area contributed by atoms with E-state index < -0.39 is 0 Å². The van der Waals surface area contributed by atoms with Gasteiger partial charge in [0.05, 0.1) is 6.54 Å². The maximum absolute atomic E-state index is 12.2. The van der Waals surface area contributed by atoms with Crippen molar-refractivity contribution in [3.05, 3.63) is 86.5 Å². The van der Waals surface area contributed by atoms with Gasteiger partial charge < -0.3 is 8.98 Å². The minimum atomic E-state index is -0.350. The van der Waals surface area contributed by atoms with Crippen LogP contribution in [-0.2, 0) is 18.7 Å². The van der Waals surface area contributed by atoms with E-state index in [0.717, 1.165) is 40.5 Å². The second-order valence-electron chi connectivity index (χ2n) is 7.86. The predicted octanol–water partition coefficient (Wildman–Crippen LogP) is 5.82. The SMILES string of the molecule is CCc1cc2oc(=O)cc(CSc3nnc(C4CC4)n3Cc3ccccc3)c2cc1Cl. The van der Waals surface area contributed by atoms with Crippen molar-refractivity contribution in [1.29, 1.82) is 0 Å². The fourth-order valence-corrected chi connectivity index (χ4v) is 5.02. The van der Waals surface area contributed by atoms with Gasteiger partial charge in [-0.2, -0.15) is 0 Å². The maximum atomic E-state index is 12.2. The standard InChI is InChI=1S/C24H22ClN3O2S/c1-2-16-10-21-19(12-20(16)25)18(11-22(29)30-21)14-31-24-27-26-23(17-8-9-17)28(24)13-15-6-4-3-5-7-15/h3-7,10-12,17H,2,8-9,13-14H2,1H3. The number of fused-ring (bicyclic) bond motifs is 1. The highest BCUT2D eigenvalue weighted by Crippen LogP contribution is 2.40. The van der Waals surface area contributed by atoms with Gasteiger partial charge in [0.2, 0.25) is 0 Å². The van der Waals surface area contributed by atoms with Crippen molar-refractivity contribution in [1.82, 2.24) is 14.8 Å².